The highest BCUT2D eigenvalue weighted by Crippen LogP contribution is 2.34. The standard InChI is InChI=1S/C26H30N6O2/c1-5-26(2,3)32-24(28-29-30-32)23(31-13-12-17-8-6-7-9-18(17)16-31)21-15-19-14-20(34-4)10-11-22(19)27-25(21)33/h6-11,14-15,23H,5,12-13,16H2,1-4H3,(H,27,33)/t23-/m0/s1. The van der Waals surface area contributed by atoms with Crippen LogP contribution in [0.2, 0.25) is 0 Å². The molecule has 5 rings (SSSR count). The van der Waals surface area contributed by atoms with E-state index in [1.165, 1.54) is 11.1 Å². The fourth-order valence-corrected chi connectivity index (χ4v) is 4.71. The van der Waals surface area contributed by atoms with Crippen LogP contribution in [-0.4, -0.2) is 43.7 Å². The summed E-state index contributed by atoms with van der Waals surface area (Å²) >= 11 is 0. The Morgan fingerprint density at radius 1 is 1.15 bits per heavy atom. The Labute approximate surface area is 198 Å². The molecule has 1 N–H and O–H groups in total. The molecule has 0 radical (unpaired) electrons. The number of pyridine rings is 1. The van der Waals surface area contributed by atoms with Crippen LogP contribution in [0.5, 0.6) is 5.75 Å². The normalized spacial score (nSPS) is 15.3. The maximum atomic E-state index is 13.5. The topological polar surface area (TPSA) is 88.9 Å². The number of rotatable bonds is 6. The molecule has 1 aliphatic heterocycles. The summed E-state index contributed by atoms with van der Waals surface area (Å²) in [5.74, 6) is 1.42. The number of hydrogen-bond acceptors (Lipinski definition) is 6. The summed E-state index contributed by atoms with van der Waals surface area (Å²) in [4.78, 5) is 18.8. The summed E-state index contributed by atoms with van der Waals surface area (Å²) in [6.45, 7) is 7.87. The number of methoxy groups -OCH3 is 1. The quantitative estimate of drug-likeness (QED) is 0.473. The summed E-state index contributed by atoms with van der Waals surface area (Å²) in [6, 6.07) is 15.7. The molecule has 0 fully saturated rings. The molecule has 34 heavy (non-hydrogen) atoms. The summed E-state index contributed by atoms with van der Waals surface area (Å²) < 4.78 is 7.30. The molecule has 1 aliphatic rings. The molecular formula is C26H30N6O2. The number of benzene rings is 2. The Morgan fingerprint density at radius 2 is 1.94 bits per heavy atom. The van der Waals surface area contributed by atoms with Crippen LogP contribution >= 0.6 is 0 Å². The zero-order valence-corrected chi connectivity index (χ0v) is 20.1. The van der Waals surface area contributed by atoms with E-state index >= 15 is 0 Å². The molecule has 1 atom stereocenters. The average molecular weight is 459 g/mol. The van der Waals surface area contributed by atoms with Gasteiger partial charge in [-0.2, -0.15) is 0 Å². The van der Waals surface area contributed by atoms with Crippen LogP contribution in [-0.2, 0) is 18.5 Å². The van der Waals surface area contributed by atoms with Gasteiger partial charge < -0.3 is 9.72 Å². The molecule has 8 heteroatoms. The van der Waals surface area contributed by atoms with Crippen molar-refractivity contribution in [1.29, 1.82) is 0 Å². The molecule has 0 amide bonds. The van der Waals surface area contributed by atoms with Crippen LogP contribution in [0.1, 0.15) is 55.7 Å². The first-order valence-electron chi connectivity index (χ1n) is 11.7. The Kier molecular flexibility index (Phi) is 5.69. The summed E-state index contributed by atoms with van der Waals surface area (Å²) in [5.41, 5.74) is 3.59. The predicted octanol–water partition coefficient (Wildman–Crippen LogP) is 3.82. The highest BCUT2D eigenvalue weighted by atomic mass is 16.5. The van der Waals surface area contributed by atoms with Gasteiger partial charge in [-0.3, -0.25) is 9.69 Å². The molecule has 0 spiro atoms. The monoisotopic (exact) mass is 458 g/mol. The minimum absolute atomic E-state index is 0.134. The number of hydrogen-bond donors (Lipinski definition) is 1. The largest absolute Gasteiger partial charge is 0.497 e. The molecule has 0 saturated heterocycles. The number of nitrogens with one attached hydrogen (secondary N) is 1. The van der Waals surface area contributed by atoms with Gasteiger partial charge in [0, 0.05) is 29.6 Å². The van der Waals surface area contributed by atoms with Gasteiger partial charge >= 0.3 is 0 Å². The number of tetrazole rings is 1. The lowest BCUT2D eigenvalue weighted by Crippen LogP contribution is -2.40. The van der Waals surface area contributed by atoms with Gasteiger partial charge in [0.1, 0.15) is 11.8 Å². The van der Waals surface area contributed by atoms with Gasteiger partial charge in [-0.05, 0) is 72.5 Å². The molecule has 2 aromatic carbocycles. The molecule has 0 saturated carbocycles. The van der Waals surface area contributed by atoms with Gasteiger partial charge in [-0.15, -0.1) is 5.10 Å². The van der Waals surface area contributed by atoms with Crippen molar-refractivity contribution in [2.75, 3.05) is 13.7 Å². The average Bonchev–Trinajstić information content (AvgIpc) is 3.34. The molecule has 8 nitrogen and oxygen atoms in total. The lowest BCUT2D eigenvalue weighted by molar-refractivity contribution is 0.181. The molecule has 176 valence electrons. The van der Waals surface area contributed by atoms with E-state index in [-0.39, 0.29) is 11.1 Å². The van der Waals surface area contributed by atoms with Gasteiger partial charge in [0.2, 0.25) is 0 Å². The molecule has 0 unspecified atom stereocenters. The first-order chi connectivity index (χ1) is 16.4. The van der Waals surface area contributed by atoms with E-state index < -0.39 is 6.04 Å². The second-order valence-corrected chi connectivity index (χ2v) is 9.51. The van der Waals surface area contributed by atoms with Crippen molar-refractivity contribution in [2.24, 2.45) is 0 Å². The fourth-order valence-electron chi connectivity index (χ4n) is 4.71. The van der Waals surface area contributed by atoms with Gasteiger partial charge in [0.05, 0.1) is 12.6 Å². The van der Waals surface area contributed by atoms with Gasteiger partial charge in [0.15, 0.2) is 5.82 Å². The Balaban J connectivity index is 1.69. The van der Waals surface area contributed by atoms with Crippen LogP contribution in [0.4, 0.5) is 0 Å². The number of H-pyrrole nitrogens is 1. The summed E-state index contributed by atoms with van der Waals surface area (Å²) in [5, 5.41) is 13.8. The van der Waals surface area contributed by atoms with Gasteiger partial charge in [-0.1, -0.05) is 31.2 Å². The van der Waals surface area contributed by atoms with E-state index in [4.69, 9.17) is 4.74 Å². The number of ether oxygens (including phenoxy) is 1. The second kappa shape index (κ2) is 8.68. The second-order valence-electron chi connectivity index (χ2n) is 9.51. The van der Waals surface area contributed by atoms with Crippen molar-refractivity contribution in [3.8, 4) is 5.75 Å². The number of aromatic nitrogens is 5. The third-order valence-electron chi connectivity index (χ3n) is 7.08. The van der Waals surface area contributed by atoms with Crippen molar-refractivity contribution in [2.45, 2.75) is 51.7 Å². The minimum Gasteiger partial charge on any atom is -0.497 e. The molecule has 0 bridgehead atoms. The highest BCUT2D eigenvalue weighted by molar-refractivity contribution is 5.80. The smallest absolute Gasteiger partial charge is 0.253 e. The predicted molar refractivity (Wildman–Crippen MR) is 131 cm³/mol. The Bertz CT molecular complexity index is 1390. The maximum absolute atomic E-state index is 13.5. The third-order valence-corrected chi connectivity index (χ3v) is 7.08. The molecule has 0 aliphatic carbocycles. The van der Waals surface area contributed by atoms with Crippen molar-refractivity contribution in [3.05, 3.63) is 81.4 Å². The zero-order chi connectivity index (χ0) is 23.9. The maximum Gasteiger partial charge on any atom is 0.253 e. The summed E-state index contributed by atoms with van der Waals surface area (Å²) in [6.07, 6.45) is 1.76. The van der Waals surface area contributed by atoms with Crippen LogP contribution in [0.3, 0.4) is 0 Å². The van der Waals surface area contributed by atoms with Crippen molar-refractivity contribution < 1.29 is 4.74 Å². The molecule has 3 heterocycles. The van der Waals surface area contributed by atoms with E-state index in [2.05, 4.69) is 70.4 Å². The fraction of sp³-hybridized carbons (Fsp3) is 0.385. The van der Waals surface area contributed by atoms with Crippen LogP contribution in [0, 0.1) is 0 Å². The van der Waals surface area contributed by atoms with Crippen molar-refractivity contribution >= 4 is 10.9 Å². The van der Waals surface area contributed by atoms with E-state index in [1.807, 2.05) is 28.9 Å². The SMILES string of the molecule is CCC(C)(C)n1nnnc1[C@H](c1cc2cc(OC)ccc2[nH]c1=O)N1CCc2ccccc2C1. The minimum atomic E-state index is -0.395. The third kappa shape index (κ3) is 3.88. The lowest BCUT2D eigenvalue weighted by Gasteiger charge is -2.36. The van der Waals surface area contributed by atoms with Crippen LogP contribution < -0.4 is 10.3 Å². The Morgan fingerprint density at radius 3 is 2.71 bits per heavy atom. The lowest BCUT2D eigenvalue weighted by atomic mass is 9.95. The number of nitrogens with zero attached hydrogens (tertiary/aromatic N) is 5. The number of fused-ring (bicyclic) bond motifs is 2. The zero-order valence-electron chi connectivity index (χ0n) is 20.1. The van der Waals surface area contributed by atoms with Crippen LogP contribution in [0.15, 0.2) is 53.3 Å². The van der Waals surface area contributed by atoms with Gasteiger partial charge in [-0.25, -0.2) is 4.68 Å². The van der Waals surface area contributed by atoms with Crippen molar-refractivity contribution in [1.82, 2.24) is 30.1 Å². The molecule has 4 aromatic rings. The van der Waals surface area contributed by atoms with E-state index in [0.29, 0.717) is 11.4 Å². The van der Waals surface area contributed by atoms with E-state index in [9.17, 15) is 4.79 Å². The molecular weight excluding hydrogens is 428 g/mol. The first-order valence-corrected chi connectivity index (χ1v) is 11.7. The van der Waals surface area contributed by atoms with Gasteiger partial charge in [0.25, 0.3) is 5.56 Å². The first kappa shape index (κ1) is 22.3. The van der Waals surface area contributed by atoms with Crippen LogP contribution in [0.25, 0.3) is 10.9 Å². The van der Waals surface area contributed by atoms with Crippen molar-refractivity contribution in [3.63, 3.8) is 0 Å². The highest BCUT2D eigenvalue weighted by Gasteiger charge is 2.35. The number of aromatic amines is 1. The molecule has 2 aromatic heterocycles. The Hall–Kier alpha value is -3.52. The van der Waals surface area contributed by atoms with E-state index in [1.54, 1.807) is 7.11 Å². The van der Waals surface area contributed by atoms with E-state index in [0.717, 1.165) is 42.6 Å². The summed E-state index contributed by atoms with van der Waals surface area (Å²) in [7, 11) is 1.64.